The predicted octanol–water partition coefficient (Wildman–Crippen LogP) is 17.6. The molecule has 1 aliphatic carbocycles. The van der Waals surface area contributed by atoms with Crippen LogP contribution in [0.3, 0.4) is 0 Å². The molecule has 0 saturated carbocycles. The Hall–Kier alpha value is -8.98. The van der Waals surface area contributed by atoms with Gasteiger partial charge in [0.25, 0.3) is 0 Å². The van der Waals surface area contributed by atoms with Crippen molar-refractivity contribution in [2.24, 2.45) is 0 Å². The van der Waals surface area contributed by atoms with Crippen molar-refractivity contribution in [3.63, 3.8) is 0 Å². The van der Waals surface area contributed by atoms with E-state index in [0.717, 1.165) is 50.4 Å². The Balaban J connectivity index is 1.05. The molecule has 0 saturated heterocycles. The Morgan fingerprint density at radius 1 is 0.290 bits per heavy atom. The van der Waals surface area contributed by atoms with Crippen LogP contribution < -0.4 is 4.90 Å². The molecule has 2 heteroatoms. The highest BCUT2D eigenvalue weighted by Gasteiger charge is 2.51. The van der Waals surface area contributed by atoms with Crippen molar-refractivity contribution >= 4 is 38.9 Å². The molecule has 0 bridgehead atoms. The predicted molar refractivity (Wildman–Crippen MR) is 288 cm³/mol. The van der Waals surface area contributed by atoms with Crippen molar-refractivity contribution < 1.29 is 0 Å². The third-order valence-electron chi connectivity index (χ3n) is 14.8. The van der Waals surface area contributed by atoms with E-state index in [1.807, 2.05) is 0 Å². The van der Waals surface area contributed by atoms with Gasteiger partial charge in [-0.2, -0.15) is 0 Å². The van der Waals surface area contributed by atoms with Crippen LogP contribution in [0, 0.1) is 0 Å². The van der Waals surface area contributed by atoms with Crippen molar-refractivity contribution in [3.05, 3.63) is 289 Å². The summed E-state index contributed by atoms with van der Waals surface area (Å²) in [5, 5.41) is 2.56. The van der Waals surface area contributed by atoms with Crippen molar-refractivity contribution in [2.75, 3.05) is 4.90 Å². The fourth-order valence-electron chi connectivity index (χ4n) is 11.9. The minimum absolute atomic E-state index is 0.564. The Bertz CT molecular complexity index is 3900. The van der Waals surface area contributed by atoms with Crippen molar-refractivity contribution in [2.45, 2.75) is 5.41 Å². The van der Waals surface area contributed by atoms with E-state index in [1.165, 1.54) is 72.0 Å². The van der Waals surface area contributed by atoms with Gasteiger partial charge in [-0.15, -0.1) is 0 Å². The van der Waals surface area contributed by atoms with Gasteiger partial charge in [0.2, 0.25) is 0 Å². The first-order chi connectivity index (χ1) is 34.3. The van der Waals surface area contributed by atoms with Gasteiger partial charge in [-0.25, -0.2) is 0 Å². The van der Waals surface area contributed by atoms with E-state index in [4.69, 9.17) is 0 Å². The quantitative estimate of drug-likeness (QED) is 0.155. The van der Waals surface area contributed by atoms with Crippen LogP contribution in [0.15, 0.2) is 267 Å². The Labute approximate surface area is 402 Å². The van der Waals surface area contributed by atoms with Gasteiger partial charge in [0.05, 0.1) is 33.5 Å². The molecule has 11 aromatic carbocycles. The Morgan fingerprint density at radius 3 is 1.49 bits per heavy atom. The average Bonchev–Trinajstić information content (AvgIpc) is 3.92. The van der Waals surface area contributed by atoms with E-state index in [1.54, 1.807) is 0 Å². The van der Waals surface area contributed by atoms with Crippen LogP contribution in [-0.4, -0.2) is 4.57 Å². The molecule has 2 aliphatic rings. The van der Waals surface area contributed by atoms with E-state index in [-0.39, 0.29) is 0 Å². The van der Waals surface area contributed by atoms with Crippen LogP contribution in [0.25, 0.3) is 83.1 Å². The monoisotopic (exact) mass is 876 g/mol. The maximum atomic E-state index is 2.53. The molecule has 2 heterocycles. The van der Waals surface area contributed by atoms with Crippen LogP contribution in [0.1, 0.15) is 22.3 Å². The third-order valence-corrected chi connectivity index (χ3v) is 14.8. The average molecular weight is 877 g/mol. The van der Waals surface area contributed by atoms with Crippen molar-refractivity contribution in [1.29, 1.82) is 0 Å². The summed E-state index contributed by atoms with van der Waals surface area (Å²) in [6.45, 7) is 0. The first-order valence-corrected chi connectivity index (χ1v) is 23.9. The van der Waals surface area contributed by atoms with Crippen LogP contribution >= 0.6 is 0 Å². The SMILES string of the molecule is c1ccc(-c2cc(-c3ccccc3)cc(N(c3ccccc3-c3ccccc3)c3ccccc3-c3ccc4c(c3)C3(c5ccccc5-4)c4ccccc4-n4c5ccccc5c5cccc3c54)c2)cc1. The summed E-state index contributed by atoms with van der Waals surface area (Å²) in [6.07, 6.45) is 0. The van der Waals surface area contributed by atoms with E-state index in [9.17, 15) is 0 Å². The van der Waals surface area contributed by atoms with Crippen molar-refractivity contribution in [1.82, 2.24) is 4.57 Å². The molecular weight excluding hydrogens is 833 g/mol. The number of fused-ring (bicyclic) bond motifs is 12. The molecule has 1 unspecified atom stereocenters. The highest BCUT2D eigenvalue weighted by atomic mass is 15.1. The van der Waals surface area contributed by atoms with E-state index in [0.29, 0.717) is 0 Å². The minimum atomic E-state index is -0.564. The lowest BCUT2D eigenvalue weighted by Gasteiger charge is -2.39. The Morgan fingerprint density at radius 2 is 0.797 bits per heavy atom. The number of hydrogen-bond acceptors (Lipinski definition) is 1. The van der Waals surface area contributed by atoms with Crippen LogP contribution in [-0.2, 0) is 5.41 Å². The molecule has 12 aromatic rings. The molecule has 14 rings (SSSR count). The Kier molecular flexibility index (Phi) is 8.84. The van der Waals surface area contributed by atoms with Crippen LogP contribution in [0.4, 0.5) is 17.1 Å². The second-order valence-corrected chi connectivity index (χ2v) is 18.4. The largest absolute Gasteiger partial charge is 0.309 e. The fourth-order valence-corrected chi connectivity index (χ4v) is 11.9. The zero-order chi connectivity index (χ0) is 45.5. The summed E-state index contributed by atoms with van der Waals surface area (Å²) >= 11 is 0. The van der Waals surface area contributed by atoms with Crippen molar-refractivity contribution in [3.8, 4) is 61.3 Å². The fraction of sp³-hybridized carbons (Fsp3) is 0.0149. The molecule has 322 valence electrons. The molecular formula is C67H44N2. The molecule has 0 radical (unpaired) electrons. The molecule has 1 atom stereocenters. The molecule has 1 aliphatic heterocycles. The summed E-state index contributed by atoms with van der Waals surface area (Å²) in [4.78, 5) is 2.50. The van der Waals surface area contributed by atoms with E-state index >= 15 is 0 Å². The molecule has 1 aromatic heterocycles. The van der Waals surface area contributed by atoms with Gasteiger partial charge < -0.3 is 9.47 Å². The third kappa shape index (κ3) is 5.86. The van der Waals surface area contributed by atoms with Gasteiger partial charge in [-0.05, 0) is 115 Å². The standard InChI is InChI=1S/C67H44N2/c1-4-21-45(22-5-1)49-41-50(46-23-6-2-7-24-46)43-51(42-49)68(62-35-16-11-27-52(62)47-25-8-3-9-26-47)63-36-17-12-28-53(63)48-39-40-55-54-29-10-14-32-58(54)67(61(55)44-48)59-33-15-19-38-65(59)69-64-37-18-13-30-56(64)57-31-20-34-60(67)66(57)69/h1-44H. The molecule has 0 amide bonds. The summed E-state index contributed by atoms with van der Waals surface area (Å²) in [5.41, 5.74) is 23.6. The molecule has 0 fully saturated rings. The van der Waals surface area contributed by atoms with Gasteiger partial charge in [0, 0.05) is 27.6 Å². The smallest absolute Gasteiger partial charge is 0.0754 e. The topological polar surface area (TPSA) is 8.17 Å². The number of anilines is 3. The van der Waals surface area contributed by atoms with Gasteiger partial charge in [0.1, 0.15) is 0 Å². The molecule has 1 spiro atoms. The number of rotatable bonds is 7. The van der Waals surface area contributed by atoms with E-state index < -0.39 is 5.41 Å². The second-order valence-electron chi connectivity index (χ2n) is 18.4. The molecule has 69 heavy (non-hydrogen) atoms. The number of benzene rings is 11. The summed E-state index contributed by atoms with van der Waals surface area (Å²) in [7, 11) is 0. The lowest BCUT2D eigenvalue weighted by Crippen LogP contribution is -2.33. The first kappa shape index (κ1) is 39.2. The summed E-state index contributed by atoms with van der Waals surface area (Å²) in [5.74, 6) is 0. The summed E-state index contributed by atoms with van der Waals surface area (Å²) in [6, 6.07) is 98.8. The minimum Gasteiger partial charge on any atom is -0.309 e. The highest BCUT2D eigenvalue weighted by Crippen LogP contribution is 2.62. The number of aromatic nitrogens is 1. The number of para-hydroxylation sites is 5. The maximum absolute atomic E-state index is 2.53. The zero-order valence-corrected chi connectivity index (χ0v) is 37.8. The van der Waals surface area contributed by atoms with Crippen LogP contribution in [0.5, 0.6) is 0 Å². The summed E-state index contributed by atoms with van der Waals surface area (Å²) < 4.78 is 2.52. The van der Waals surface area contributed by atoms with E-state index in [2.05, 4.69) is 276 Å². The van der Waals surface area contributed by atoms with Gasteiger partial charge in [-0.3, -0.25) is 0 Å². The van der Waals surface area contributed by atoms with Gasteiger partial charge in [-0.1, -0.05) is 218 Å². The molecule has 2 nitrogen and oxygen atoms in total. The van der Waals surface area contributed by atoms with Gasteiger partial charge >= 0.3 is 0 Å². The zero-order valence-electron chi connectivity index (χ0n) is 37.8. The first-order valence-electron chi connectivity index (χ1n) is 23.9. The van der Waals surface area contributed by atoms with Crippen LogP contribution in [0.2, 0.25) is 0 Å². The highest BCUT2D eigenvalue weighted by molar-refractivity contribution is 6.13. The lowest BCUT2D eigenvalue weighted by molar-refractivity contribution is 0.749. The molecule has 0 N–H and O–H groups in total. The maximum Gasteiger partial charge on any atom is 0.0754 e. The normalized spacial score (nSPS) is 14.1. The lowest BCUT2D eigenvalue weighted by atomic mass is 9.65. The number of nitrogens with zero attached hydrogens (tertiary/aromatic N) is 2. The van der Waals surface area contributed by atoms with Gasteiger partial charge in [0.15, 0.2) is 0 Å². The number of hydrogen-bond donors (Lipinski definition) is 0. The second kappa shape index (κ2) is 15.6.